The highest BCUT2D eigenvalue weighted by molar-refractivity contribution is 4.68. The van der Waals surface area contributed by atoms with Gasteiger partial charge in [0.2, 0.25) is 0 Å². The summed E-state index contributed by atoms with van der Waals surface area (Å²) in [5, 5.41) is 0. The fourth-order valence-corrected chi connectivity index (χ4v) is 1.58. The maximum atomic E-state index is 5.57. The molecule has 0 atom stereocenters. The van der Waals surface area contributed by atoms with Gasteiger partial charge in [-0.05, 0) is 13.0 Å². The lowest BCUT2D eigenvalue weighted by molar-refractivity contribution is 0.0692. The van der Waals surface area contributed by atoms with Crippen molar-refractivity contribution in [3.8, 4) is 0 Å². The van der Waals surface area contributed by atoms with Crippen LogP contribution in [0.4, 0.5) is 0 Å². The molecule has 1 aliphatic rings. The molecule has 1 heterocycles. The predicted octanol–water partition coefficient (Wildman–Crippen LogP) is 1.93. The minimum atomic E-state index is 0.655. The van der Waals surface area contributed by atoms with E-state index < -0.39 is 0 Å². The maximum absolute atomic E-state index is 5.57. The summed E-state index contributed by atoms with van der Waals surface area (Å²) >= 11 is 0. The number of rotatable bonds is 5. The molecule has 1 aliphatic heterocycles. The molecule has 98 valence electrons. The van der Waals surface area contributed by atoms with E-state index in [1.807, 2.05) is 13.8 Å². The van der Waals surface area contributed by atoms with Gasteiger partial charge in [0, 0.05) is 39.3 Å². The van der Waals surface area contributed by atoms with E-state index in [9.17, 15) is 0 Å². The van der Waals surface area contributed by atoms with Gasteiger partial charge in [-0.2, -0.15) is 0 Å². The first-order chi connectivity index (χ1) is 7.68. The molecule has 0 aromatic heterocycles. The molecule has 0 radical (unpaired) electrons. The van der Waals surface area contributed by atoms with Crippen molar-refractivity contribution in [1.82, 2.24) is 9.80 Å². The van der Waals surface area contributed by atoms with E-state index in [2.05, 4.69) is 30.7 Å². The highest BCUT2D eigenvalue weighted by Crippen LogP contribution is 1.99. The number of nitrogens with zero attached hydrogens (tertiary/aromatic N) is 2. The van der Waals surface area contributed by atoms with Gasteiger partial charge >= 0.3 is 0 Å². The molecule has 0 N–H and O–H groups in total. The summed E-state index contributed by atoms with van der Waals surface area (Å²) in [5.74, 6) is 0.655. The van der Waals surface area contributed by atoms with Crippen LogP contribution in [0.2, 0.25) is 0 Å². The summed E-state index contributed by atoms with van der Waals surface area (Å²) < 4.78 is 5.57. The van der Waals surface area contributed by atoms with Crippen molar-refractivity contribution in [2.45, 2.75) is 27.7 Å². The molecule has 1 rings (SSSR count). The molecular formula is C13H30N2O. The quantitative estimate of drug-likeness (QED) is 0.671. The Balaban J connectivity index is 0.00000106. The molecule has 1 fully saturated rings. The summed E-state index contributed by atoms with van der Waals surface area (Å²) in [6.07, 6.45) is 0. The monoisotopic (exact) mass is 230 g/mol. The van der Waals surface area contributed by atoms with Gasteiger partial charge in [0.1, 0.15) is 0 Å². The van der Waals surface area contributed by atoms with Crippen LogP contribution in [0.3, 0.4) is 0 Å². The average molecular weight is 230 g/mol. The summed E-state index contributed by atoms with van der Waals surface area (Å²) in [5.41, 5.74) is 0. The number of piperazine rings is 1. The Morgan fingerprint density at radius 3 is 2.12 bits per heavy atom. The topological polar surface area (TPSA) is 15.7 Å². The van der Waals surface area contributed by atoms with E-state index in [0.29, 0.717) is 5.92 Å². The van der Waals surface area contributed by atoms with Crippen LogP contribution in [0.5, 0.6) is 0 Å². The first-order valence-electron chi connectivity index (χ1n) is 6.67. The maximum Gasteiger partial charge on any atom is 0.0593 e. The van der Waals surface area contributed by atoms with Crippen molar-refractivity contribution in [3.05, 3.63) is 0 Å². The van der Waals surface area contributed by atoms with Crippen LogP contribution in [-0.4, -0.2) is 62.8 Å². The Labute approximate surface area is 102 Å². The lowest BCUT2D eigenvalue weighted by atomic mass is 10.2. The zero-order chi connectivity index (χ0) is 12.4. The molecule has 0 spiro atoms. The third-order valence-corrected chi connectivity index (χ3v) is 2.60. The van der Waals surface area contributed by atoms with E-state index in [1.165, 1.54) is 26.2 Å². The van der Waals surface area contributed by atoms with Crippen LogP contribution in [0.1, 0.15) is 27.7 Å². The summed E-state index contributed by atoms with van der Waals surface area (Å²) in [4.78, 5) is 4.87. The van der Waals surface area contributed by atoms with E-state index in [-0.39, 0.29) is 0 Å². The molecule has 1 saturated heterocycles. The van der Waals surface area contributed by atoms with Gasteiger partial charge in [-0.3, -0.25) is 4.90 Å². The number of hydrogen-bond acceptors (Lipinski definition) is 3. The third-order valence-electron chi connectivity index (χ3n) is 2.60. The van der Waals surface area contributed by atoms with Crippen molar-refractivity contribution in [3.63, 3.8) is 0 Å². The van der Waals surface area contributed by atoms with Gasteiger partial charge in [-0.1, -0.05) is 27.7 Å². The Morgan fingerprint density at radius 1 is 1.06 bits per heavy atom. The van der Waals surface area contributed by atoms with Gasteiger partial charge < -0.3 is 9.64 Å². The fraction of sp³-hybridized carbons (Fsp3) is 1.00. The van der Waals surface area contributed by atoms with E-state index in [4.69, 9.17) is 4.74 Å². The van der Waals surface area contributed by atoms with Crippen LogP contribution in [0.25, 0.3) is 0 Å². The van der Waals surface area contributed by atoms with Crippen LogP contribution in [0.15, 0.2) is 0 Å². The van der Waals surface area contributed by atoms with E-state index in [0.717, 1.165) is 19.8 Å². The molecule has 0 aliphatic carbocycles. The van der Waals surface area contributed by atoms with Crippen LogP contribution >= 0.6 is 0 Å². The summed E-state index contributed by atoms with van der Waals surface area (Å²) in [7, 11) is 2.19. The largest absolute Gasteiger partial charge is 0.380 e. The first kappa shape index (κ1) is 15.9. The molecule has 16 heavy (non-hydrogen) atoms. The van der Waals surface area contributed by atoms with Crippen molar-refractivity contribution >= 4 is 0 Å². The zero-order valence-electron chi connectivity index (χ0n) is 11.8. The van der Waals surface area contributed by atoms with Gasteiger partial charge in [0.05, 0.1) is 6.61 Å². The molecule has 0 amide bonds. The second kappa shape index (κ2) is 10.1. The van der Waals surface area contributed by atoms with Gasteiger partial charge in [-0.25, -0.2) is 0 Å². The second-order valence-electron chi connectivity index (χ2n) is 4.61. The van der Waals surface area contributed by atoms with Gasteiger partial charge in [0.25, 0.3) is 0 Å². The Hall–Kier alpha value is -0.120. The number of hydrogen-bond donors (Lipinski definition) is 0. The van der Waals surface area contributed by atoms with E-state index in [1.54, 1.807) is 0 Å². The number of likely N-dealkylation sites (N-methyl/N-ethyl adjacent to an activating group) is 1. The van der Waals surface area contributed by atoms with Crippen molar-refractivity contribution in [2.75, 3.05) is 53.0 Å². The average Bonchev–Trinajstić information content (AvgIpc) is 2.29. The van der Waals surface area contributed by atoms with Crippen LogP contribution in [-0.2, 0) is 4.74 Å². The van der Waals surface area contributed by atoms with Crippen LogP contribution < -0.4 is 0 Å². The molecule has 3 heteroatoms. The predicted molar refractivity (Wildman–Crippen MR) is 70.9 cm³/mol. The molecule has 0 bridgehead atoms. The standard InChI is InChI=1S/C11H24N2O.C2H6/c1-11(2)10-14-9-8-13-6-4-12(3)5-7-13;1-2/h11H,4-10H2,1-3H3;1-2H3. The highest BCUT2D eigenvalue weighted by Gasteiger charge is 2.12. The van der Waals surface area contributed by atoms with Crippen molar-refractivity contribution in [2.24, 2.45) is 5.92 Å². The summed E-state index contributed by atoms with van der Waals surface area (Å²) in [6, 6.07) is 0. The molecule has 0 aromatic rings. The molecule has 0 aromatic carbocycles. The Morgan fingerprint density at radius 2 is 1.62 bits per heavy atom. The lowest BCUT2D eigenvalue weighted by Gasteiger charge is -2.32. The molecule has 0 unspecified atom stereocenters. The van der Waals surface area contributed by atoms with Gasteiger partial charge in [0.15, 0.2) is 0 Å². The van der Waals surface area contributed by atoms with Crippen molar-refractivity contribution < 1.29 is 4.74 Å². The summed E-state index contributed by atoms with van der Waals surface area (Å²) in [6.45, 7) is 16.1. The minimum absolute atomic E-state index is 0.655. The Bertz CT molecular complexity index is 143. The highest BCUT2D eigenvalue weighted by atomic mass is 16.5. The second-order valence-corrected chi connectivity index (χ2v) is 4.61. The minimum Gasteiger partial charge on any atom is -0.380 e. The van der Waals surface area contributed by atoms with E-state index >= 15 is 0 Å². The normalized spacial score (nSPS) is 18.4. The number of ether oxygens (including phenoxy) is 1. The smallest absolute Gasteiger partial charge is 0.0593 e. The fourth-order valence-electron chi connectivity index (χ4n) is 1.58. The van der Waals surface area contributed by atoms with Gasteiger partial charge in [-0.15, -0.1) is 0 Å². The Kier molecular flexibility index (Phi) is 9.99. The van der Waals surface area contributed by atoms with Crippen LogP contribution in [0, 0.1) is 5.92 Å². The molecule has 0 saturated carbocycles. The molecule has 3 nitrogen and oxygen atoms in total. The third kappa shape index (κ3) is 8.08. The molecular weight excluding hydrogens is 200 g/mol. The van der Waals surface area contributed by atoms with Crippen molar-refractivity contribution in [1.29, 1.82) is 0 Å². The lowest BCUT2D eigenvalue weighted by Crippen LogP contribution is -2.45. The SMILES string of the molecule is CC.CC(C)COCCN1CCN(C)CC1. The first-order valence-corrected chi connectivity index (χ1v) is 6.67. The zero-order valence-corrected chi connectivity index (χ0v) is 11.8.